The SMILES string of the molecule is CC(C)C[C@H](N)C[SH](=S)=S.Cl.Cl. The van der Waals surface area contributed by atoms with E-state index in [4.69, 9.17) is 28.1 Å². The van der Waals surface area contributed by atoms with Crippen molar-refractivity contribution in [1.82, 2.24) is 0 Å². The van der Waals surface area contributed by atoms with Crippen LogP contribution in [0.15, 0.2) is 0 Å². The molecule has 12 heavy (non-hydrogen) atoms. The van der Waals surface area contributed by atoms with E-state index in [0.29, 0.717) is 5.92 Å². The fourth-order valence-corrected chi connectivity index (χ4v) is 2.55. The van der Waals surface area contributed by atoms with Crippen molar-refractivity contribution in [3.8, 4) is 0 Å². The second-order valence-corrected chi connectivity index (χ2v) is 7.27. The highest BCUT2D eigenvalue weighted by Gasteiger charge is 2.03. The van der Waals surface area contributed by atoms with E-state index in [1.165, 1.54) is 0 Å². The first kappa shape index (κ1) is 19.0. The number of hydrogen-bond donors (Lipinski definition) is 2. The molecule has 0 aliphatic rings. The maximum atomic E-state index is 5.76. The second-order valence-electron chi connectivity index (χ2n) is 2.90. The fraction of sp³-hybridized carbons (Fsp3) is 1.00. The van der Waals surface area contributed by atoms with Crippen molar-refractivity contribution in [2.75, 3.05) is 5.75 Å². The van der Waals surface area contributed by atoms with E-state index >= 15 is 0 Å². The van der Waals surface area contributed by atoms with Gasteiger partial charge in [-0.1, -0.05) is 44.2 Å². The summed E-state index contributed by atoms with van der Waals surface area (Å²) in [7, 11) is -0.629. The Labute approximate surface area is 98.5 Å². The predicted molar refractivity (Wildman–Crippen MR) is 70.3 cm³/mol. The first-order chi connectivity index (χ1) is 4.52. The second kappa shape index (κ2) is 10.4. The van der Waals surface area contributed by atoms with Crippen molar-refractivity contribution in [2.45, 2.75) is 26.3 Å². The highest BCUT2D eigenvalue weighted by molar-refractivity contribution is 8.46. The lowest BCUT2D eigenvalue weighted by Crippen LogP contribution is -2.26. The molecule has 0 aliphatic heterocycles. The molecule has 0 aromatic rings. The molecule has 0 unspecified atom stereocenters. The first-order valence-corrected chi connectivity index (χ1v) is 6.95. The molecular weight excluding hydrogens is 253 g/mol. The largest absolute Gasteiger partial charge is 0.327 e. The molecule has 0 bridgehead atoms. The lowest BCUT2D eigenvalue weighted by Gasteiger charge is -2.10. The number of nitrogens with two attached hydrogens (primary N) is 1. The van der Waals surface area contributed by atoms with E-state index in [-0.39, 0.29) is 30.9 Å². The average Bonchev–Trinajstić information content (AvgIpc) is 1.58. The summed E-state index contributed by atoms with van der Waals surface area (Å²) in [5.41, 5.74) is 5.76. The Morgan fingerprint density at radius 1 is 1.25 bits per heavy atom. The van der Waals surface area contributed by atoms with Gasteiger partial charge in [0.15, 0.2) is 0 Å². The number of halogens is 2. The summed E-state index contributed by atoms with van der Waals surface area (Å²) in [6, 6.07) is 0.237. The Morgan fingerprint density at radius 2 is 1.67 bits per heavy atom. The van der Waals surface area contributed by atoms with Crippen LogP contribution < -0.4 is 5.73 Å². The zero-order chi connectivity index (χ0) is 8.15. The molecule has 1 nitrogen and oxygen atoms in total. The highest BCUT2D eigenvalue weighted by Crippen LogP contribution is 2.02. The van der Waals surface area contributed by atoms with Crippen molar-refractivity contribution >= 4 is 55.2 Å². The van der Waals surface area contributed by atoms with E-state index in [0.717, 1.165) is 12.2 Å². The minimum Gasteiger partial charge on any atom is -0.327 e. The van der Waals surface area contributed by atoms with Crippen LogP contribution in [0, 0.1) is 5.92 Å². The lowest BCUT2D eigenvalue weighted by atomic mass is 10.1. The van der Waals surface area contributed by atoms with E-state index in [9.17, 15) is 0 Å². The summed E-state index contributed by atoms with van der Waals surface area (Å²) in [5.74, 6) is 1.52. The van der Waals surface area contributed by atoms with Gasteiger partial charge < -0.3 is 5.73 Å². The molecule has 2 N–H and O–H groups in total. The zero-order valence-electron chi connectivity index (χ0n) is 7.23. The molecule has 0 aromatic heterocycles. The Morgan fingerprint density at radius 3 is 1.92 bits per heavy atom. The Hall–Kier alpha value is 1.33. The van der Waals surface area contributed by atoms with Gasteiger partial charge in [0, 0.05) is 11.8 Å². The zero-order valence-corrected chi connectivity index (χ0v) is 11.4. The van der Waals surface area contributed by atoms with Crippen molar-refractivity contribution in [1.29, 1.82) is 0 Å². The van der Waals surface area contributed by atoms with Crippen molar-refractivity contribution in [3.63, 3.8) is 0 Å². The van der Waals surface area contributed by atoms with Gasteiger partial charge in [0.25, 0.3) is 0 Å². The fourth-order valence-electron chi connectivity index (χ4n) is 0.872. The van der Waals surface area contributed by atoms with Gasteiger partial charge in [0.05, 0.1) is 0 Å². The van der Waals surface area contributed by atoms with E-state index < -0.39 is 8.01 Å². The Balaban J connectivity index is -0.000000405. The Bertz CT molecular complexity index is 151. The maximum Gasteiger partial charge on any atom is 0.0147 e. The maximum absolute atomic E-state index is 5.76. The smallest absolute Gasteiger partial charge is 0.0147 e. The van der Waals surface area contributed by atoms with Crippen LogP contribution >= 0.6 is 24.8 Å². The van der Waals surface area contributed by atoms with E-state index in [1.54, 1.807) is 0 Å². The Kier molecular flexibility index (Phi) is 16.5. The quantitative estimate of drug-likeness (QED) is 0.757. The van der Waals surface area contributed by atoms with Crippen LogP contribution in [0.4, 0.5) is 0 Å². The van der Waals surface area contributed by atoms with Gasteiger partial charge in [-0.3, -0.25) is 0 Å². The van der Waals surface area contributed by atoms with Crippen LogP contribution in [-0.4, -0.2) is 11.8 Å². The minimum atomic E-state index is -0.629. The molecule has 0 aliphatic carbocycles. The molecule has 0 amide bonds. The first-order valence-electron chi connectivity index (χ1n) is 3.39. The summed E-state index contributed by atoms with van der Waals surface area (Å²) in [5, 5.41) is 0. The summed E-state index contributed by atoms with van der Waals surface area (Å²) < 4.78 is 0. The van der Waals surface area contributed by atoms with E-state index in [1.807, 2.05) is 0 Å². The van der Waals surface area contributed by atoms with Crippen LogP contribution in [0.25, 0.3) is 0 Å². The third-order valence-electron chi connectivity index (χ3n) is 1.16. The molecule has 0 heterocycles. The monoisotopic (exact) mass is 269 g/mol. The molecule has 0 fully saturated rings. The number of rotatable bonds is 4. The third kappa shape index (κ3) is 13.9. The van der Waals surface area contributed by atoms with Gasteiger partial charge >= 0.3 is 0 Å². The molecule has 78 valence electrons. The van der Waals surface area contributed by atoms with Gasteiger partial charge in [-0.15, -0.1) is 24.8 Å². The van der Waals surface area contributed by atoms with Crippen LogP contribution in [-0.2, 0) is 30.4 Å². The van der Waals surface area contributed by atoms with Crippen LogP contribution in [0.3, 0.4) is 0 Å². The molecule has 0 aromatic carbocycles. The lowest BCUT2D eigenvalue weighted by molar-refractivity contribution is 0.524. The molecule has 6 heteroatoms. The summed E-state index contributed by atoms with van der Waals surface area (Å²) in [4.78, 5) is 0. The number of thiol groups is 1. The van der Waals surface area contributed by atoms with Crippen molar-refractivity contribution in [2.24, 2.45) is 11.7 Å². The highest BCUT2D eigenvalue weighted by atomic mass is 35.5. The molecule has 0 rings (SSSR count). The van der Waals surface area contributed by atoms with Gasteiger partial charge in [-0.25, -0.2) is 0 Å². The van der Waals surface area contributed by atoms with Crippen LogP contribution in [0.1, 0.15) is 20.3 Å². The molecule has 1 atom stereocenters. The van der Waals surface area contributed by atoms with Gasteiger partial charge in [-0.05, 0) is 12.3 Å². The van der Waals surface area contributed by atoms with Gasteiger partial charge in [-0.2, -0.15) is 0 Å². The third-order valence-corrected chi connectivity index (χ3v) is 2.82. The topological polar surface area (TPSA) is 26.0 Å². The van der Waals surface area contributed by atoms with Gasteiger partial charge in [0.2, 0.25) is 0 Å². The molecule has 0 spiro atoms. The summed E-state index contributed by atoms with van der Waals surface area (Å²) >= 11 is 9.82. The normalized spacial score (nSPS) is 12.1. The molecule has 0 saturated carbocycles. The minimum absolute atomic E-state index is 0. The molecule has 0 radical (unpaired) electrons. The van der Waals surface area contributed by atoms with Crippen molar-refractivity contribution in [3.05, 3.63) is 0 Å². The van der Waals surface area contributed by atoms with E-state index in [2.05, 4.69) is 13.8 Å². The van der Waals surface area contributed by atoms with Crippen LogP contribution in [0.2, 0.25) is 0 Å². The number of hydrogen-bond acceptors (Lipinski definition) is 3. The summed E-state index contributed by atoms with van der Waals surface area (Å²) in [6.45, 7) is 4.32. The predicted octanol–water partition coefficient (Wildman–Crippen LogP) is 1.48. The van der Waals surface area contributed by atoms with Crippen molar-refractivity contribution < 1.29 is 0 Å². The average molecular weight is 270 g/mol. The summed E-state index contributed by atoms with van der Waals surface area (Å²) in [6.07, 6.45) is 1.05. The molecule has 0 saturated heterocycles. The standard InChI is InChI=1S/C6H15NS3.2ClH/c1-5(2)3-6(7)4-10(8)9;;/h5-6,10H,3-4,7H2,1-2H3;2*1H/t6-;;/m0../s1. The van der Waals surface area contributed by atoms with Gasteiger partial charge in [0.1, 0.15) is 0 Å². The molecular formula is C6H17Cl2NS3. The van der Waals surface area contributed by atoms with Crippen LogP contribution in [0.5, 0.6) is 0 Å².